The van der Waals surface area contributed by atoms with Gasteiger partial charge in [0.25, 0.3) is 5.91 Å². The van der Waals surface area contributed by atoms with E-state index in [-0.39, 0.29) is 5.91 Å². The highest BCUT2D eigenvalue weighted by Crippen LogP contribution is 2.00. The van der Waals surface area contributed by atoms with E-state index in [1.54, 1.807) is 30.7 Å². The van der Waals surface area contributed by atoms with Gasteiger partial charge >= 0.3 is 0 Å². The van der Waals surface area contributed by atoms with Crippen molar-refractivity contribution in [3.05, 3.63) is 59.7 Å². The molecule has 5 heteroatoms. The van der Waals surface area contributed by atoms with Crippen molar-refractivity contribution >= 4 is 5.91 Å². The van der Waals surface area contributed by atoms with Gasteiger partial charge in [0.2, 0.25) is 0 Å². The minimum absolute atomic E-state index is 0.197. The summed E-state index contributed by atoms with van der Waals surface area (Å²) in [5.74, 6) is 5.40. The SMILES string of the molecule is NCC#Cc1ccc(C(=O)NCCc2cccnc2)nc1. The van der Waals surface area contributed by atoms with Gasteiger partial charge in [-0.05, 0) is 30.2 Å². The molecule has 2 aromatic heterocycles. The quantitative estimate of drug-likeness (QED) is 0.810. The first kappa shape index (κ1) is 14.7. The molecule has 0 fully saturated rings. The number of carbonyl (C=O) groups excluding carboxylic acids is 1. The second kappa shape index (κ2) is 7.78. The van der Waals surface area contributed by atoms with Gasteiger partial charge in [0.05, 0.1) is 6.54 Å². The summed E-state index contributed by atoms with van der Waals surface area (Å²) in [6.07, 6.45) is 5.81. The first-order valence-electron chi connectivity index (χ1n) is 6.61. The van der Waals surface area contributed by atoms with Crippen molar-refractivity contribution in [2.45, 2.75) is 6.42 Å². The van der Waals surface area contributed by atoms with Crippen LogP contribution in [0.3, 0.4) is 0 Å². The Bertz CT molecular complexity index is 641. The molecule has 0 aliphatic heterocycles. The molecule has 0 aliphatic rings. The fourth-order valence-corrected chi connectivity index (χ4v) is 1.71. The highest BCUT2D eigenvalue weighted by Gasteiger charge is 2.05. The van der Waals surface area contributed by atoms with Crippen molar-refractivity contribution in [3.8, 4) is 11.8 Å². The second-order valence-electron chi connectivity index (χ2n) is 4.31. The van der Waals surface area contributed by atoms with Crippen molar-refractivity contribution in [2.24, 2.45) is 5.73 Å². The van der Waals surface area contributed by atoms with Crippen LogP contribution in [0.5, 0.6) is 0 Å². The minimum Gasteiger partial charge on any atom is -0.350 e. The molecule has 0 aliphatic carbocycles. The Morgan fingerprint density at radius 1 is 1.29 bits per heavy atom. The van der Waals surface area contributed by atoms with Gasteiger partial charge < -0.3 is 11.1 Å². The van der Waals surface area contributed by atoms with E-state index in [9.17, 15) is 4.79 Å². The van der Waals surface area contributed by atoms with Crippen LogP contribution in [0.1, 0.15) is 21.6 Å². The molecule has 1 amide bonds. The zero-order chi connectivity index (χ0) is 14.9. The van der Waals surface area contributed by atoms with Gasteiger partial charge in [-0.25, -0.2) is 4.98 Å². The number of aromatic nitrogens is 2. The number of nitrogens with zero attached hydrogens (tertiary/aromatic N) is 2. The number of hydrogen-bond donors (Lipinski definition) is 2. The fraction of sp³-hybridized carbons (Fsp3) is 0.188. The van der Waals surface area contributed by atoms with E-state index in [4.69, 9.17) is 5.73 Å². The molecule has 0 saturated heterocycles. The van der Waals surface area contributed by atoms with Crippen LogP contribution in [0, 0.1) is 11.8 Å². The number of rotatable bonds is 4. The number of pyridine rings is 2. The Kier molecular flexibility index (Phi) is 5.44. The van der Waals surface area contributed by atoms with Gasteiger partial charge in [-0.2, -0.15) is 0 Å². The van der Waals surface area contributed by atoms with E-state index < -0.39 is 0 Å². The highest BCUT2D eigenvalue weighted by atomic mass is 16.1. The molecule has 2 aromatic rings. The summed E-state index contributed by atoms with van der Waals surface area (Å²) in [5.41, 5.74) is 7.49. The van der Waals surface area contributed by atoms with Gasteiger partial charge in [-0.3, -0.25) is 9.78 Å². The average molecular weight is 280 g/mol. The number of hydrogen-bond acceptors (Lipinski definition) is 4. The highest BCUT2D eigenvalue weighted by molar-refractivity contribution is 5.92. The summed E-state index contributed by atoms with van der Waals surface area (Å²) in [6, 6.07) is 7.26. The van der Waals surface area contributed by atoms with Crippen molar-refractivity contribution in [1.29, 1.82) is 0 Å². The number of amides is 1. The second-order valence-corrected chi connectivity index (χ2v) is 4.31. The molecular formula is C16H16N4O. The van der Waals surface area contributed by atoms with Crippen molar-refractivity contribution in [3.63, 3.8) is 0 Å². The molecule has 5 nitrogen and oxygen atoms in total. The van der Waals surface area contributed by atoms with Crippen LogP contribution in [0.15, 0.2) is 42.9 Å². The topological polar surface area (TPSA) is 80.9 Å². The monoisotopic (exact) mass is 280 g/mol. The van der Waals surface area contributed by atoms with Crippen LogP contribution in [-0.2, 0) is 6.42 Å². The Morgan fingerprint density at radius 3 is 2.86 bits per heavy atom. The third-order valence-electron chi connectivity index (χ3n) is 2.75. The molecule has 0 bridgehead atoms. The van der Waals surface area contributed by atoms with Crippen LogP contribution in [0.4, 0.5) is 0 Å². The van der Waals surface area contributed by atoms with Crippen LogP contribution in [0.2, 0.25) is 0 Å². The third-order valence-corrected chi connectivity index (χ3v) is 2.75. The summed E-state index contributed by atoms with van der Waals surface area (Å²) in [7, 11) is 0. The van der Waals surface area contributed by atoms with E-state index in [0.717, 1.165) is 17.5 Å². The number of nitrogens with one attached hydrogen (secondary N) is 1. The normalized spacial score (nSPS) is 9.57. The molecule has 0 radical (unpaired) electrons. The minimum atomic E-state index is -0.197. The lowest BCUT2D eigenvalue weighted by atomic mass is 10.2. The molecular weight excluding hydrogens is 264 g/mol. The summed E-state index contributed by atoms with van der Waals surface area (Å²) < 4.78 is 0. The molecule has 0 atom stereocenters. The molecule has 0 aromatic carbocycles. The van der Waals surface area contributed by atoms with Crippen molar-refractivity contribution in [2.75, 3.05) is 13.1 Å². The van der Waals surface area contributed by atoms with E-state index in [1.165, 1.54) is 0 Å². The molecule has 3 N–H and O–H groups in total. The van der Waals surface area contributed by atoms with Crippen LogP contribution >= 0.6 is 0 Å². The van der Waals surface area contributed by atoms with Gasteiger partial charge in [0.1, 0.15) is 5.69 Å². The first-order chi connectivity index (χ1) is 10.3. The van der Waals surface area contributed by atoms with Gasteiger partial charge in [-0.15, -0.1) is 0 Å². The Hall–Kier alpha value is -2.71. The van der Waals surface area contributed by atoms with E-state index in [1.807, 2.05) is 12.1 Å². The lowest BCUT2D eigenvalue weighted by molar-refractivity contribution is 0.0949. The zero-order valence-corrected chi connectivity index (χ0v) is 11.5. The third kappa shape index (κ3) is 4.71. The fourth-order valence-electron chi connectivity index (χ4n) is 1.71. The summed E-state index contributed by atoms with van der Waals surface area (Å²) in [4.78, 5) is 20.0. The van der Waals surface area contributed by atoms with Gasteiger partial charge in [0, 0.05) is 30.7 Å². The Morgan fingerprint density at radius 2 is 2.19 bits per heavy atom. The largest absolute Gasteiger partial charge is 0.350 e. The maximum Gasteiger partial charge on any atom is 0.269 e. The molecule has 0 spiro atoms. The van der Waals surface area contributed by atoms with Crippen molar-refractivity contribution < 1.29 is 4.79 Å². The van der Waals surface area contributed by atoms with Gasteiger partial charge in [-0.1, -0.05) is 17.9 Å². The molecule has 0 unspecified atom stereocenters. The van der Waals surface area contributed by atoms with Crippen LogP contribution in [0.25, 0.3) is 0 Å². The van der Waals surface area contributed by atoms with E-state index in [0.29, 0.717) is 18.8 Å². The summed E-state index contributed by atoms with van der Waals surface area (Å²) in [6.45, 7) is 0.845. The lowest BCUT2D eigenvalue weighted by Gasteiger charge is -2.04. The average Bonchev–Trinajstić information content (AvgIpc) is 2.54. The molecule has 0 saturated carbocycles. The number of nitrogens with two attached hydrogens (primary N) is 1. The molecule has 2 rings (SSSR count). The van der Waals surface area contributed by atoms with Crippen molar-refractivity contribution in [1.82, 2.24) is 15.3 Å². The Labute approximate surface area is 123 Å². The first-order valence-corrected chi connectivity index (χ1v) is 6.61. The lowest BCUT2D eigenvalue weighted by Crippen LogP contribution is -2.26. The summed E-state index contributed by atoms with van der Waals surface area (Å²) in [5, 5.41) is 2.82. The van der Waals surface area contributed by atoms with Crippen LogP contribution in [-0.4, -0.2) is 29.0 Å². The maximum absolute atomic E-state index is 11.9. The molecule has 106 valence electrons. The summed E-state index contributed by atoms with van der Waals surface area (Å²) >= 11 is 0. The predicted molar refractivity (Wildman–Crippen MR) is 80.4 cm³/mol. The Balaban J connectivity index is 1.85. The van der Waals surface area contributed by atoms with Gasteiger partial charge in [0.15, 0.2) is 0 Å². The standard InChI is InChI=1S/C16H16N4O/c17-8-1-3-13-5-6-15(20-12-13)16(21)19-10-7-14-4-2-9-18-11-14/h2,4-6,9,11-12H,7-8,10,17H2,(H,19,21). The smallest absolute Gasteiger partial charge is 0.269 e. The number of carbonyl (C=O) groups is 1. The zero-order valence-electron chi connectivity index (χ0n) is 11.5. The van der Waals surface area contributed by atoms with E-state index in [2.05, 4.69) is 27.1 Å². The van der Waals surface area contributed by atoms with E-state index >= 15 is 0 Å². The molecule has 21 heavy (non-hydrogen) atoms. The predicted octanol–water partition coefficient (Wildman–Crippen LogP) is 0.759. The van der Waals surface area contributed by atoms with Crippen LogP contribution < -0.4 is 11.1 Å². The maximum atomic E-state index is 11.9. The molecule has 2 heterocycles.